The Labute approximate surface area is 186 Å². The smallest absolute Gasteiger partial charge is 0.230 e. The highest BCUT2D eigenvalue weighted by atomic mass is 16.5. The molecule has 1 aromatic heterocycles. The molecule has 0 aliphatic carbocycles. The molecular formula is C25H36N4O2. The van der Waals surface area contributed by atoms with E-state index >= 15 is 0 Å². The molecule has 1 spiro atoms. The third kappa shape index (κ3) is 4.28. The van der Waals surface area contributed by atoms with E-state index in [0.29, 0.717) is 19.2 Å². The maximum absolute atomic E-state index is 13.7. The Morgan fingerprint density at radius 1 is 1.23 bits per heavy atom. The fourth-order valence-electron chi connectivity index (χ4n) is 5.20. The van der Waals surface area contributed by atoms with Crippen LogP contribution in [-0.4, -0.2) is 65.2 Å². The number of benzene rings is 1. The predicted molar refractivity (Wildman–Crippen MR) is 122 cm³/mol. The van der Waals surface area contributed by atoms with Crippen LogP contribution in [0.5, 0.6) is 0 Å². The molecule has 2 saturated heterocycles. The molecule has 2 aromatic rings. The Hall–Kier alpha value is -2.18. The number of amides is 1. The Kier molecular flexibility index (Phi) is 6.49. The summed E-state index contributed by atoms with van der Waals surface area (Å²) >= 11 is 0. The predicted octanol–water partition coefficient (Wildman–Crippen LogP) is 3.49. The second-order valence-corrected chi connectivity index (χ2v) is 9.42. The van der Waals surface area contributed by atoms with Crippen molar-refractivity contribution in [3.05, 3.63) is 53.6 Å². The Morgan fingerprint density at radius 3 is 2.61 bits per heavy atom. The number of carbonyl (C=O) groups is 1. The molecule has 0 radical (unpaired) electrons. The third-order valence-electron chi connectivity index (χ3n) is 7.13. The van der Waals surface area contributed by atoms with Gasteiger partial charge in [0.25, 0.3) is 0 Å². The van der Waals surface area contributed by atoms with Crippen molar-refractivity contribution in [3.63, 3.8) is 0 Å². The van der Waals surface area contributed by atoms with Gasteiger partial charge in [-0.15, -0.1) is 0 Å². The van der Waals surface area contributed by atoms with Crippen LogP contribution in [0.2, 0.25) is 0 Å². The maximum atomic E-state index is 13.7. The van der Waals surface area contributed by atoms with E-state index in [1.807, 2.05) is 11.2 Å². The van der Waals surface area contributed by atoms with Crippen molar-refractivity contribution in [2.75, 3.05) is 39.9 Å². The molecule has 6 nitrogen and oxygen atoms in total. The maximum Gasteiger partial charge on any atom is 0.230 e. The van der Waals surface area contributed by atoms with Crippen LogP contribution in [-0.2, 0) is 22.5 Å². The topological polar surface area (TPSA) is 50.6 Å². The van der Waals surface area contributed by atoms with Crippen molar-refractivity contribution in [3.8, 4) is 0 Å². The van der Waals surface area contributed by atoms with Crippen LogP contribution in [0.15, 0.2) is 36.8 Å². The molecular weight excluding hydrogens is 388 g/mol. The summed E-state index contributed by atoms with van der Waals surface area (Å²) in [5.74, 6) is 0.403. The van der Waals surface area contributed by atoms with Crippen molar-refractivity contribution in [2.45, 2.75) is 52.1 Å². The lowest BCUT2D eigenvalue weighted by Gasteiger charge is -2.28. The van der Waals surface area contributed by atoms with Gasteiger partial charge in [0.15, 0.2) is 0 Å². The minimum Gasteiger partial charge on any atom is -0.383 e. The Morgan fingerprint density at radius 2 is 1.97 bits per heavy atom. The zero-order valence-corrected chi connectivity index (χ0v) is 19.4. The zero-order valence-electron chi connectivity index (χ0n) is 19.4. The molecule has 1 amide bonds. The van der Waals surface area contributed by atoms with Gasteiger partial charge in [-0.1, -0.05) is 31.2 Å². The number of nitrogens with zero attached hydrogens (tertiary/aromatic N) is 4. The van der Waals surface area contributed by atoms with Gasteiger partial charge in [-0.3, -0.25) is 9.69 Å². The van der Waals surface area contributed by atoms with Gasteiger partial charge < -0.3 is 14.2 Å². The quantitative estimate of drug-likeness (QED) is 0.651. The molecule has 2 aliphatic rings. The van der Waals surface area contributed by atoms with E-state index < -0.39 is 0 Å². The van der Waals surface area contributed by atoms with Crippen molar-refractivity contribution >= 4 is 5.91 Å². The van der Waals surface area contributed by atoms with E-state index in [1.165, 1.54) is 11.1 Å². The summed E-state index contributed by atoms with van der Waals surface area (Å²) in [4.78, 5) is 22.9. The fraction of sp³-hybridized carbons (Fsp3) is 0.600. The SMILES string of the molecule is CCc1ccc(CN2C[C@H](c3cn(C(C)C)cn3)[C@@]3(CCN(CCOC)C3=O)C2)cc1. The molecule has 0 bridgehead atoms. The Balaban J connectivity index is 1.59. The summed E-state index contributed by atoms with van der Waals surface area (Å²) in [5.41, 5.74) is 3.34. The third-order valence-corrected chi connectivity index (χ3v) is 7.13. The summed E-state index contributed by atoms with van der Waals surface area (Å²) in [7, 11) is 1.69. The summed E-state index contributed by atoms with van der Waals surface area (Å²) in [6.45, 7) is 11.1. The van der Waals surface area contributed by atoms with Crippen LogP contribution in [0, 0.1) is 5.41 Å². The summed E-state index contributed by atoms with van der Waals surface area (Å²) in [6, 6.07) is 9.26. The lowest BCUT2D eigenvalue weighted by atomic mass is 9.75. The van der Waals surface area contributed by atoms with E-state index in [-0.39, 0.29) is 17.2 Å². The zero-order chi connectivity index (χ0) is 22.0. The first-order chi connectivity index (χ1) is 15.0. The summed E-state index contributed by atoms with van der Waals surface area (Å²) < 4.78 is 7.39. The van der Waals surface area contributed by atoms with Gasteiger partial charge in [0.1, 0.15) is 0 Å². The number of hydrogen-bond donors (Lipinski definition) is 0. The van der Waals surface area contributed by atoms with E-state index in [1.54, 1.807) is 7.11 Å². The monoisotopic (exact) mass is 424 g/mol. The number of imidazole rings is 1. The van der Waals surface area contributed by atoms with Crippen molar-refractivity contribution < 1.29 is 9.53 Å². The molecule has 6 heteroatoms. The highest BCUT2D eigenvalue weighted by Crippen LogP contribution is 2.49. The molecule has 3 heterocycles. The standard InChI is InChI=1S/C25H36N4O2/c1-5-20-6-8-21(9-7-20)14-27-15-22(23-16-29(18-26-23)19(2)3)25(17-27)10-11-28(24(25)30)12-13-31-4/h6-9,16,18-19,22H,5,10-15,17H2,1-4H3/t22-,25-/m1/s1. The molecule has 0 N–H and O–H groups in total. The Bertz CT molecular complexity index is 891. The second kappa shape index (κ2) is 9.13. The average Bonchev–Trinajstić information content (AvgIpc) is 3.47. The van der Waals surface area contributed by atoms with Gasteiger partial charge in [-0.2, -0.15) is 0 Å². The number of methoxy groups -OCH3 is 1. The van der Waals surface area contributed by atoms with Crippen LogP contribution in [0.1, 0.15) is 56.0 Å². The first-order valence-corrected chi connectivity index (χ1v) is 11.6. The van der Waals surface area contributed by atoms with Gasteiger partial charge in [0.05, 0.1) is 24.0 Å². The van der Waals surface area contributed by atoms with Crippen molar-refractivity contribution in [1.82, 2.24) is 19.4 Å². The lowest BCUT2D eigenvalue weighted by Crippen LogP contribution is -2.40. The number of likely N-dealkylation sites (tertiary alicyclic amines) is 2. The largest absolute Gasteiger partial charge is 0.383 e. The summed E-state index contributed by atoms with van der Waals surface area (Å²) in [5, 5.41) is 0. The molecule has 0 unspecified atom stereocenters. The molecule has 4 rings (SSSR count). The molecule has 2 fully saturated rings. The molecule has 1 aromatic carbocycles. The average molecular weight is 425 g/mol. The second-order valence-electron chi connectivity index (χ2n) is 9.42. The highest BCUT2D eigenvalue weighted by Gasteiger charge is 2.57. The minimum absolute atomic E-state index is 0.127. The van der Waals surface area contributed by atoms with Gasteiger partial charge in [0.2, 0.25) is 5.91 Å². The van der Waals surface area contributed by atoms with E-state index in [4.69, 9.17) is 9.72 Å². The van der Waals surface area contributed by atoms with Crippen molar-refractivity contribution in [1.29, 1.82) is 0 Å². The normalized spacial score (nSPS) is 24.2. The summed E-state index contributed by atoms with van der Waals surface area (Å²) in [6.07, 6.45) is 6.02. The van der Waals surface area contributed by atoms with Gasteiger partial charge in [-0.25, -0.2) is 4.98 Å². The van der Waals surface area contributed by atoms with Gasteiger partial charge in [-0.05, 0) is 37.8 Å². The van der Waals surface area contributed by atoms with Crippen LogP contribution < -0.4 is 0 Å². The van der Waals surface area contributed by atoms with Crippen LogP contribution in [0.25, 0.3) is 0 Å². The molecule has 2 atom stereocenters. The van der Waals surface area contributed by atoms with Crippen LogP contribution in [0.3, 0.4) is 0 Å². The number of ether oxygens (including phenoxy) is 1. The van der Waals surface area contributed by atoms with Gasteiger partial charge >= 0.3 is 0 Å². The number of carbonyl (C=O) groups excluding carboxylic acids is 1. The minimum atomic E-state index is -0.382. The molecule has 168 valence electrons. The number of aryl methyl sites for hydroxylation is 1. The molecule has 2 aliphatic heterocycles. The number of hydrogen-bond acceptors (Lipinski definition) is 4. The highest BCUT2D eigenvalue weighted by molar-refractivity contribution is 5.86. The van der Waals surface area contributed by atoms with Crippen molar-refractivity contribution in [2.24, 2.45) is 5.41 Å². The lowest BCUT2D eigenvalue weighted by molar-refractivity contribution is -0.136. The number of rotatable bonds is 8. The number of aromatic nitrogens is 2. The first-order valence-electron chi connectivity index (χ1n) is 11.6. The molecule has 0 saturated carbocycles. The fourth-order valence-corrected chi connectivity index (χ4v) is 5.20. The van der Waals surface area contributed by atoms with Gasteiger partial charge in [0, 0.05) is 58.0 Å². The first kappa shape index (κ1) is 22.0. The van der Waals surface area contributed by atoms with E-state index in [2.05, 4.69) is 60.7 Å². The van der Waals surface area contributed by atoms with E-state index in [9.17, 15) is 4.79 Å². The van der Waals surface area contributed by atoms with Crippen LogP contribution in [0.4, 0.5) is 0 Å². The van der Waals surface area contributed by atoms with Crippen LogP contribution >= 0.6 is 0 Å². The van der Waals surface area contributed by atoms with E-state index in [0.717, 1.165) is 44.7 Å². The molecule has 31 heavy (non-hydrogen) atoms.